The third kappa shape index (κ3) is 4.64. The van der Waals surface area contributed by atoms with Crippen LogP contribution in [0.1, 0.15) is 62.8 Å². The van der Waals surface area contributed by atoms with Crippen molar-refractivity contribution in [2.24, 2.45) is 17.8 Å². The van der Waals surface area contributed by atoms with Crippen molar-refractivity contribution in [3.05, 3.63) is 48.1 Å². The van der Waals surface area contributed by atoms with E-state index >= 15 is 0 Å². The Kier molecular flexibility index (Phi) is 7.39. The van der Waals surface area contributed by atoms with E-state index in [1.807, 2.05) is 0 Å². The molecule has 24 heavy (non-hydrogen) atoms. The Hall–Kier alpha value is -1.25. The van der Waals surface area contributed by atoms with Crippen LogP contribution in [-0.4, -0.2) is 7.18 Å². The van der Waals surface area contributed by atoms with Gasteiger partial charge in [-0.25, -0.2) is 8.78 Å². The van der Waals surface area contributed by atoms with Crippen LogP contribution in [0.5, 0.6) is 0 Å². The lowest BCUT2D eigenvalue weighted by Gasteiger charge is -2.37. The fourth-order valence-corrected chi connectivity index (χ4v) is 4.54. The lowest BCUT2D eigenvalue weighted by molar-refractivity contribution is 0.171. The number of rotatable bonds is 3. The molecule has 0 atom stereocenters. The third-order valence-electron chi connectivity index (χ3n) is 6.00. The molecular weight excluding hydrogens is 309 g/mol. The maximum absolute atomic E-state index is 13.4. The highest BCUT2D eigenvalue weighted by Crippen LogP contribution is 2.44. The minimum atomic E-state index is -0.739. The summed E-state index contributed by atoms with van der Waals surface area (Å²) in [7, 11) is 0.500. The summed E-state index contributed by atoms with van der Waals surface area (Å²) in [5, 5.41) is 0. The molecule has 0 unspecified atom stereocenters. The molecule has 0 bridgehead atoms. The molecule has 2 aliphatic carbocycles. The second-order valence-corrected chi connectivity index (χ2v) is 7.20. The van der Waals surface area contributed by atoms with Crippen molar-refractivity contribution in [2.45, 2.75) is 57.3 Å². The fraction of sp³-hybridized carbons (Fsp3) is 0.619. The molecule has 0 N–H and O–H groups in total. The average molecular weight is 338 g/mol. The summed E-state index contributed by atoms with van der Waals surface area (Å²) < 4.78 is 35.9. The van der Waals surface area contributed by atoms with E-state index < -0.39 is 11.6 Å². The second kappa shape index (κ2) is 9.29. The van der Waals surface area contributed by atoms with Gasteiger partial charge in [-0.2, -0.15) is 0 Å². The normalized spacial score (nSPS) is 30.2. The van der Waals surface area contributed by atoms with Crippen molar-refractivity contribution < 1.29 is 13.2 Å². The molecule has 0 amide bonds. The van der Waals surface area contributed by atoms with E-state index in [9.17, 15) is 13.2 Å². The highest BCUT2D eigenvalue weighted by atomic mass is 19.2. The molecule has 0 spiro atoms. The second-order valence-electron chi connectivity index (χ2n) is 7.20. The molecule has 1 aromatic carbocycles. The molecule has 2 aliphatic rings. The molecule has 0 radical (unpaired) electrons. The molecule has 0 nitrogen and oxygen atoms in total. The maximum Gasteiger partial charge on any atom is 0.159 e. The lowest BCUT2D eigenvalue weighted by Crippen LogP contribution is -2.25. The summed E-state index contributed by atoms with van der Waals surface area (Å²) in [4.78, 5) is 0. The van der Waals surface area contributed by atoms with Crippen molar-refractivity contribution in [1.29, 1.82) is 0 Å². The molecule has 2 fully saturated rings. The smallest absolute Gasteiger partial charge is 0.159 e. The van der Waals surface area contributed by atoms with Gasteiger partial charge in [0.15, 0.2) is 11.6 Å². The molecule has 0 saturated heterocycles. The molecule has 134 valence electrons. The Bertz CT molecular complexity index is 510. The first-order valence-corrected chi connectivity index (χ1v) is 9.12. The number of alkyl halides is 1. The van der Waals surface area contributed by atoms with E-state index in [1.165, 1.54) is 50.7 Å². The summed E-state index contributed by atoms with van der Waals surface area (Å²) in [6.07, 6.45) is 12.1. The van der Waals surface area contributed by atoms with E-state index in [-0.39, 0.29) is 0 Å². The van der Waals surface area contributed by atoms with Crippen LogP contribution in [0.4, 0.5) is 13.2 Å². The van der Waals surface area contributed by atoms with Crippen molar-refractivity contribution in [3.63, 3.8) is 0 Å². The van der Waals surface area contributed by atoms with Gasteiger partial charge in [0.05, 0.1) is 7.18 Å². The van der Waals surface area contributed by atoms with Crippen LogP contribution in [0.2, 0.25) is 0 Å². The predicted octanol–water partition coefficient (Wildman–Crippen LogP) is 6.82. The van der Waals surface area contributed by atoms with Crippen LogP contribution in [0, 0.1) is 29.4 Å². The van der Waals surface area contributed by atoms with Gasteiger partial charge in [0.2, 0.25) is 0 Å². The van der Waals surface area contributed by atoms with E-state index in [0.29, 0.717) is 13.1 Å². The summed E-state index contributed by atoms with van der Waals surface area (Å²) in [6.45, 7) is 3.92. The SMILES string of the molecule is C=CC1CCC(C2CCC(c3ccc(F)c(F)c3)CC2)CC1.CF. The number of hydrogen-bond acceptors (Lipinski definition) is 0. The average Bonchev–Trinajstić information content (AvgIpc) is 2.66. The minimum Gasteiger partial charge on any atom is -0.255 e. The number of hydrogen-bond donors (Lipinski definition) is 0. The quantitative estimate of drug-likeness (QED) is 0.531. The van der Waals surface area contributed by atoms with Crippen molar-refractivity contribution in [1.82, 2.24) is 0 Å². The third-order valence-corrected chi connectivity index (χ3v) is 6.00. The number of halogens is 3. The monoisotopic (exact) mass is 338 g/mol. The molecule has 0 heterocycles. The zero-order chi connectivity index (χ0) is 17.5. The maximum atomic E-state index is 13.4. The molecule has 0 aliphatic heterocycles. The van der Waals surface area contributed by atoms with Crippen LogP contribution >= 0.6 is 0 Å². The molecule has 3 heteroatoms. The van der Waals surface area contributed by atoms with E-state index in [1.54, 1.807) is 6.07 Å². The highest BCUT2D eigenvalue weighted by Gasteiger charge is 2.30. The summed E-state index contributed by atoms with van der Waals surface area (Å²) >= 11 is 0. The minimum absolute atomic E-state index is 0.413. The first-order chi connectivity index (χ1) is 11.7. The van der Waals surface area contributed by atoms with E-state index in [2.05, 4.69) is 12.7 Å². The molecular formula is C21H29F3. The van der Waals surface area contributed by atoms with Crippen LogP contribution < -0.4 is 0 Å². The predicted molar refractivity (Wildman–Crippen MR) is 93.7 cm³/mol. The van der Waals surface area contributed by atoms with E-state index in [4.69, 9.17) is 0 Å². The molecule has 0 aromatic heterocycles. The van der Waals surface area contributed by atoms with Crippen molar-refractivity contribution in [3.8, 4) is 0 Å². The van der Waals surface area contributed by atoms with Gasteiger partial charge in [0.25, 0.3) is 0 Å². The van der Waals surface area contributed by atoms with Crippen LogP contribution in [0.3, 0.4) is 0 Å². The zero-order valence-corrected chi connectivity index (χ0v) is 14.6. The molecule has 2 saturated carbocycles. The van der Waals surface area contributed by atoms with Gasteiger partial charge in [0, 0.05) is 0 Å². The van der Waals surface area contributed by atoms with E-state index in [0.717, 1.165) is 36.2 Å². The van der Waals surface area contributed by atoms with Crippen molar-refractivity contribution in [2.75, 3.05) is 7.18 Å². The number of allylic oxidation sites excluding steroid dienone is 1. The Balaban J connectivity index is 0.00000100. The topological polar surface area (TPSA) is 0 Å². The summed E-state index contributed by atoms with van der Waals surface area (Å²) in [5.74, 6) is 1.42. The largest absolute Gasteiger partial charge is 0.255 e. The summed E-state index contributed by atoms with van der Waals surface area (Å²) in [6, 6.07) is 4.43. The lowest BCUT2D eigenvalue weighted by atomic mass is 9.68. The first kappa shape index (κ1) is 19.1. The molecule has 3 rings (SSSR count). The fourth-order valence-electron chi connectivity index (χ4n) is 4.54. The Labute approximate surface area is 144 Å². The standard InChI is InChI=1S/C20H26F2.CH3F/c1-2-14-3-5-15(6-4-14)16-7-9-17(10-8-16)18-11-12-19(21)20(22)13-18;1-2/h2,11-17H,1,3-10H2;1H3. The zero-order valence-electron chi connectivity index (χ0n) is 14.6. The first-order valence-electron chi connectivity index (χ1n) is 9.12. The van der Waals surface area contributed by atoms with Gasteiger partial charge in [-0.05, 0) is 92.7 Å². The van der Waals surface area contributed by atoms with Crippen molar-refractivity contribution >= 4 is 0 Å². The van der Waals surface area contributed by atoms with Crippen LogP contribution in [0.25, 0.3) is 0 Å². The van der Waals surface area contributed by atoms with Gasteiger partial charge < -0.3 is 0 Å². The Morgan fingerprint density at radius 1 is 0.833 bits per heavy atom. The van der Waals surface area contributed by atoms with Gasteiger partial charge in [-0.15, -0.1) is 6.58 Å². The highest BCUT2D eigenvalue weighted by molar-refractivity contribution is 5.22. The van der Waals surface area contributed by atoms with Gasteiger partial charge >= 0.3 is 0 Å². The van der Waals surface area contributed by atoms with Gasteiger partial charge in [-0.3, -0.25) is 4.39 Å². The van der Waals surface area contributed by atoms with Gasteiger partial charge in [-0.1, -0.05) is 12.1 Å². The van der Waals surface area contributed by atoms with Crippen LogP contribution in [-0.2, 0) is 0 Å². The Morgan fingerprint density at radius 2 is 1.38 bits per heavy atom. The Morgan fingerprint density at radius 3 is 1.88 bits per heavy atom. The summed E-state index contributed by atoms with van der Waals surface area (Å²) in [5.41, 5.74) is 0.979. The van der Waals surface area contributed by atoms with Gasteiger partial charge in [0.1, 0.15) is 0 Å². The molecule has 1 aromatic rings. The number of benzene rings is 1. The van der Waals surface area contributed by atoms with Crippen LogP contribution in [0.15, 0.2) is 30.9 Å².